The van der Waals surface area contributed by atoms with Crippen molar-refractivity contribution in [3.8, 4) is 0 Å². The van der Waals surface area contributed by atoms with Gasteiger partial charge in [-0.25, -0.2) is 17.5 Å². The van der Waals surface area contributed by atoms with E-state index in [0.717, 1.165) is 25.9 Å². The van der Waals surface area contributed by atoms with Crippen LogP contribution in [0.3, 0.4) is 0 Å². The van der Waals surface area contributed by atoms with E-state index in [1.807, 2.05) is 0 Å². The van der Waals surface area contributed by atoms with Crippen LogP contribution in [0.5, 0.6) is 0 Å². The smallest absolute Gasteiger partial charge is 0.241 e. The van der Waals surface area contributed by atoms with Crippen LogP contribution < -0.4 is 10.0 Å². The van der Waals surface area contributed by atoms with Crippen molar-refractivity contribution in [3.63, 3.8) is 0 Å². The molecule has 0 saturated carbocycles. The second-order valence-electron chi connectivity index (χ2n) is 6.38. The van der Waals surface area contributed by atoms with Crippen LogP contribution >= 0.6 is 0 Å². The van der Waals surface area contributed by atoms with Crippen molar-refractivity contribution in [2.75, 3.05) is 33.4 Å². The van der Waals surface area contributed by atoms with Gasteiger partial charge in [0.2, 0.25) is 10.0 Å². The predicted molar refractivity (Wildman–Crippen MR) is 87.5 cm³/mol. The molecule has 0 unspecified atom stereocenters. The van der Waals surface area contributed by atoms with Gasteiger partial charge in [0, 0.05) is 19.1 Å². The Kier molecular flexibility index (Phi) is 5.78. The highest BCUT2D eigenvalue weighted by Crippen LogP contribution is 2.29. The van der Waals surface area contributed by atoms with Crippen molar-refractivity contribution in [2.24, 2.45) is 5.41 Å². The molecule has 2 N–H and O–H groups in total. The van der Waals surface area contributed by atoms with Gasteiger partial charge in [-0.05, 0) is 63.0 Å². The molecule has 1 saturated heterocycles. The molecule has 5 nitrogen and oxygen atoms in total. The van der Waals surface area contributed by atoms with Crippen molar-refractivity contribution >= 4 is 10.0 Å². The molecule has 1 aliphatic heterocycles. The van der Waals surface area contributed by atoms with E-state index in [4.69, 9.17) is 4.74 Å². The molecule has 7 heteroatoms. The van der Waals surface area contributed by atoms with Crippen molar-refractivity contribution < 1.29 is 17.5 Å². The van der Waals surface area contributed by atoms with Crippen molar-refractivity contribution in [2.45, 2.75) is 31.6 Å². The number of nitrogens with one attached hydrogen (secondary N) is 2. The molecule has 1 aliphatic rings. The Morgan fingerprint density at radius 1 is 1.26 bits per heavy atom. The summed E-state index contributed by atoms with van der Waals surface area (Å²) in [4.78, 5) is 0.167. The zero-order chi connectivity index (χ0) is 17.1. The zero-order valence-electron chi connectivity index (χ0n) is 13.9. The van der Waals surface area contributed by atoms with Crippen LogP contribution in [0.15, 0.2) is 17.0 Å². The molecular weight excluding hydrogens is 319 g/mol. The molecule has 1 aromatic rings. The summed E-state index contributed by atoms with van der Waals surface area (Å²) < 4.78 is 46.8. The highest BCUT2D eigenvalue weighted by atomic mass is 32.2. The maximum Gasteiger partial charge on any atom is 0.241 e. The van der Waals surface area contributed by atoms with Gasteiger partial charge in [-0.3, -0.25) is 0 Å². The van der Waals surface area contributed by atoms with Gasteiger partial charge in [0.15, 0.2) is 0 Å². The fourth-order valence-electron chi connectivity index (χ4n) is 3.28. The maximum absolute atomic E-state index is 13.4. The third-order valence-electron chi connectivity index (χ3n) is 4.45. The van der Waals surface area contributed by atoms with E-state index < -0.39 is 15.8 Å². The summed E-state index contributed by atoms with van der Waals surface area (Å²) in [6.07, 6.45) is 1.70. The molecule has 2 rings (SSSR count). The summed E-state index contributed by atoms with van der Waals surface area (Å²) in [5.74, 6) is -0.423. The van der Waals surface area contributed by atoms with Crippen LogP contribution in [0, 0.1) is 25.1 Å². The molecule has 0 aromatic heterocycles. The normalized spacial score (nSPS) is 18.1. The number of halogens is 1. The molecule has 0 atom stereocenters. The maximum atomic E-state index is 13.4. The number of benzene rings is 1. The number of piperidine rings is 1. The second-order valence-corrected chi connectivity index (χ2v) is 8.08. The molecule has 1 heterocycles. The number of ether oxygens (including phenoxy) is 1. The van der Waals surface area contributed by atoms with Gasteiger partial charge in [-0.1, -0.05) is 0 Å². The molecule has 0 radical (unpaired) electrons. The van der Waals surface area contributed by atoms with Crippen LogP contribution in [0.25, 0.3) is 0 Å². The average molecular weight is 344 g/mol. The number of sulfonamides is 1. The Morgan fingerprint density at radius 3 is 2.35 bits per heavy atom. The number of hydrogen-bond acceptors (Lipinski definition) is 4. The van der Waals surface area contributed by atoms with Crippen LogP contribution in [0.4, 0.5) is 4.39 Å². The van der Waals surface area contributed by atoms with E-state index in [1.54, 1.807) is 21.0 Å². The first-order chi connectivity index (χ1) is 10.8. The number of rotatable bonds is 6. The van der Waals surface area contributed by atoms with Gasteiger partial charge in [-0.2, -0.15) is 0 Å². The number of methoxy groups -OCH3 is 1. The van der Waals surface area contributed by atoms with Crippen molar-refractivity contribution in [1.29, 1.82) is 0 Å². The van der Waals surface area contributed by atoms with E-state index in [0.29, 0.717) is 24.3 Å². The summed E-state index contributed by atoms with van der Waals surface area (Å²) in [5.41, 5.74) is 0.636. The van der Waals surface area contributed by atoms with E-state index >= 15 is 0 Å². The lowest BCUT2D eigenvalue weighted by Gasteiger charge is -2.37. The summed E-state index contributed by atoms with van der Waals surface area (Å²) in [6.45, 7) is 5.75. The quantitative estimate of drug-likeness (QED) is 0.825. The van der Waals surface area contributed by atoms with E-state index in [1.165, 1.54) is 12.1 Å². The Balaban J connectivity index is 2.21. The number of hydrogen-bond donors (Lipinski definition) is 2. The predicted octanol–water partition coefficient (Wildman–Crippen LogP) is 1.74. The molecule has 0 bridgehead atoms. The molecule has 0 amide bonds. The van der Waals surface area contributed by atoms with Crippen LogP contribution in [0.1, 0.15) is 24.0 Å². The van der Waals surface area contributed by atoms with Gasteiger partial charge < -0.3 is 10.1 Å². The average Bonchev–Trinajstić information content (AvgIpc) is 2.45. The van der Waals surface area contributed by atoms with Crippen LogP contribution in [-0.2, 0) is 14.8 Å². The summed E-state index contributed by atoms with van der Waals surface area (Å²) in [5, 5.41) is 3.28. The van der Waals surface area contributed by atoms with Gasteiger partial charge in [0.25, 0.3) is 0 Å². The van der Waals surface area contributed by atoms with Crippen LogP contribution in [0.2, 0.25) is 0 Å². The molecule has 130 valence electrons. The highest BCUT2D eigenvalue weighted by Gasteiger charge is 2.34. The monoisotopic (exact) mass is 344 g/mol. The first kappa shape index (κ1) is 18.3. The zero-order valence-corrected chi connectivity index (χ0v) is 14.7. The molecule has 1 fully saturated rings. The topological polar surface area (TPSA) is 67.4 Å². The highest BCUT2D eigenvalue weighted by molar-refractivity contribution is 7.89. The largest absolute Gasteiger partial charge is 0.384 e. The third-order valence-corrected chi connectivity index (χ3v) is 6.15. The first-order valence-electron chi connectivity index (χ1n) is 7.76. The van der Waals surface area contributed by atoms with Crippen molar-refractivity contribution in [3.05, 3.63) is 29.1 Å². The van der Waals surface area contributed by atoms with E-state index in [2.05, 4.69) is 10.0 Å². The lowest BCUT2D eigenvalue weighted by Crippen LogP contribution is -2.47. The summed E-state index contributed by atoms with van der Waals surface area (Å²) >= 11 is 0. The standard InChI is InChI=1S/C16H25FN2O3S/c1-12-8-14(17)9-13(2)15(12)23(20,21)19-10-16(11-22-3)4-6-18-7-5-16/h8-9,18-19H,4-7,10-11H2,1-3H3. The lowest BCUT2D eigenvalue weighted by molar-refractivity contribution is 0.0577. The molecule has 0 aliphatic carbocycles. The minimum absolute atomic E-state index is 0.167. The van der Waals surface area contributed by atoms with Gasteiger partial charge in [0.05, 0.1) is 11.5 Å². The minimum Gasteiger partial charge on any atom is -0.384 e. The van der Waals surface area contributed by atoms with E-state index in [9.17, 15) is 12.8 Å². The van der Waals surface area contributed by atoms with Gasteiger partial charge in [0.1, 0.15) is 5.82 Å². The molecule has 0 spiro atoms. The van der Waals surface area contributed by atoms with Gasteiger partial charge in [-0.15, -0.1) is 0 Å². The Morgan fingerprint density at radius 2 is 1.83 bits per heavy atom. The summed E-state index contributed by atoms with van der Waals surface area (Å²) in [6, 6.07) is 2.49. The molecule has 1 aromatic carbocycles. The van der Waals surface area contributed by atoms with Crippen molar-refractivity contribution in [1.82, 2.24) is 10.0 Å². The second kappa shape index (κ2) is 7.25. The summed E-state index contributed by atoms with van der Waals surface area (Å²) in [7, 11) is -2.06. The number of aryl methyl sites for hydroxylation is 2. The van der Waals surface area contributed by atoms with E-state index in [-0.39, 0.29) is 10.3 Å². The Hall–Kier alpha value is -1.02. The lowest BCUT2D eigenvalue weighted by atomic mass is 9.80. The Bertz CT molecular complexity index is 627. The van der Waals surface area contributed by atoms with Gasteiger partial charge >= 0.3 is 0 Å². The fraction of sp³-hybridized carbons (Fsp3) is 0.625. The minimum atomic E-state index is -3.69. The third kappa shape index (κ3) is 4.29. The fourth-order valence-corrected chi connectivity index (χ4v) is 4.88. The SMILES string of the molecule is COCC1(CNS(=O)(=O)c2c(C)cc(F)cc2C)CCNCC1. The van der Waals surface area contributed by atoms with Crippen LogP contribution in [-0.4, -0.2) is 41.8 Å². The molecule has 23 heavy (non-hydrogen) atoms. The Labute approximate surface area is 137 Å². The molecular formula is C16H25FN2O3S. The first-order valence-corrected chi connectivity index (χ1v) is 9.24.